The predicted molar refractivity (Wildman–Crippen MR) is 67.1 cm³/mol. The number of aromatic carboxylic acids is 1. The van der Waals surface area contributed by atoms with Gasteiger partial charge in [0.25, 0.3) is 0 Å². The molecule has 2 rings (SSSR count). The third-order valence-electron chi connectivity index (χ3n) is 2.04. The number of hydrogen-bond donors (Lipinski definition) is 2. The summed E-state index contributed by atoms with van der Waals surface area (Å²) in [4.78, 5) is 14.8. The van der Waals surface area contributed by atoms with E-state index in [2.05, 4.69) is 9.71 Å². The Labute approximate surface area is 103 Å². The number of anilines is 1. The lowest BCUT2D eigenvalue weighted by atomic mass is 10.2. The Morgan fingerprint density at radius 1 is 1.18 bits per heavy atom. The quantitative estimate of drug-likeness (QED) is 0.812. The van der Waals surface area contributed by atoms with Crippen LogP contribution < -0.4 is 4.72 Å². The van der Waals surface area contributed by atoms with Gasteiger partial charge in [-0.3, -0.25) is 0 Å². The van der Waals surface area contributed by atoms with Crippen molar-refractivity contribution < 1.29 is 9.90 Å². The van der Waals surface area contributed by atoms with E-state index in [1.54, 1.807) is 30.5 Å². The lowest BCUT2D eigenvalue weighted by Crippen LogP contribution is -1.96. The van der Waals surface area contributed by atoms with E-state index in [0.717, 1.165) is 10.7 Å². The van der Waals surface area contributed by atoms with Crippen LogP contribution in [0.1, 0.15) is 10.4 Å². The molecular formula is C12H10N2O2S. The largest absolute Gasteiger partial charge is 0.478 e. The molecule has 0 unspecified atom stereocenters. The maximum atomic E-state index is 10.7. The van der Waals surface area contributed by atoms with Crippen LogP contribution in [0.2, 0.25) is 0 Å². The van der Waals surface area contributed by atoms with E-state index in [1.165, 1.54) is 11.9 Å². The zero-order chi connectivity index (χ0) is 12.1. The molecule has 0 radical (unpaired) electrons. The van der Waals surface area contributed by atoms with Crippen molar-refractivity contribution in [1.82, 2.24) is 4.98 Å². The monoisotopic (exact) mass is 246 g/mol. The van der Waals surface area contributed by atoms with E-state index < -0.39 is 5.97 Å². The van der Waals surface area contributed by atoms with Gasteiger partial charge in [-0.2, -0.15) is 0 Å². The van der Waals surface area contributed by atoms with Gasteiger partial charge in [-0.25, -0.2) is 9.78 Å². The average molecular weight is 246 g/mol. The molecule has 0 saturated carbocycles. The first kappa shape index (κ1) is 11.5. The second-order valence-corrected chi connectivity index (χ2v) is 4.08. The van der Waals surface area contributed by atoms with Crippen molar-refractivity contribution in [2.24, 2.45) is 0 Å². The minimum atomic E-state index is -0.922. The number of benzene rings is 1. The van der Waals surface area contributed by atoms with Crippen LogP contribution in [0.3, 0.4) is 0 Å². The van der Waals surface area contributed by atoms with Crippen LogP contribution in [-0.2, 0) is 0 Å². The molecule has 0 bridgehead atoms. The molecule has 0 saturated heterocycles. The van der Waals surface area contributed by atoms with Crippen molar-refractivity contribution in [3.63, 3.8) is 0 Å². The fraction of sp³-hybridized carbons (Fsp3) is 0. The number of pyridine rings is 1. The normalized spacial score (nSPS) is 9.88. The highest BCUT2D eigenvalue weighted by Gasteiger charge is 2.01. The molecule has 0 atom stereocenters. The first-order valence-corrected chi connectivity index (χ1v) is 5.74. The Bertz CT molecular complexity index is 500. The first-order chi connectivity index (χ1) is 8.25. The molecule has 0 aliphatic heterocycles. The van der Waals surface area contributed by atoms with Crippen LogP contribution in [0.15, 0.2) is 53.7 Å². The molecule has 0 aliphatic rings. The van der Waals surface area contributed by atoms with Gasteiger partial charge in [0.1, 0.15) is 5.03 Å². The summed E-state index contributed by atoms with van der Waals surface area (Å²) in [7, 11) is 0. The topological polar surface area (TPSA) is 62.2 Å². The molecule has 0 spiro atoms. The maximum absolute atomic E-state index is 10.7. The van der Waals surface area contributed by atoms with Gasteiger partial charge in [-0.15, -0.1) is 0 Å². The molecule has 2 N–H and O–H groups in total. The third-order valence-corrected chi connectivity index (χ3v) is 2.83. The molecule has 0 aliphatic carbocycles. The SMILES string of the molecule is O=C(O)c1ccc(NSc2ccccn2)cc1. The van der Waals surface area contributed by atoms with Gasteiger partial charge in [0.2, 0.25) is 0 Å². The fourth-order valence-corrected chi connectivity index (χ4v) is 1.82. The Balaban J connectivity index is 1.98. The van der Waals surface area contributed by atoms with E-state index in [4.69, 9.17) is 5.11 Å². The number of nitrogens with one attached hydrogen (secondary N) is 1. The minimum absolute atomic E-state index is 0.276. The predicted octanol–water partition coefficient (Wildman–Crippen LogP) is 2.90. The van der Waals surface area contributed by atoms with Gasteiger partial charge in [0, 0.05) is 23.8 Å². The molecule has 5 heteroatoms. The Morgan fingerprint density at radius 2 is 1.94 bits per heavy atom. The molecular weight excluding hydrogens is 236 g/mol. The highest BCUT2D eigenvalue weighted by atomic mass is 32.2. The fourth-order valence-electron chi connectivity index (χ4n) is 1.20. The van der Waals surface area contributed by atoms with Gasteiger partial charge >= 0.3 is 5.97 Å². The van der Waals surface area contributed by atoms with E-state index in [0.29, 0.717) is 0 Å². The Morgan fingerprint density at radius 3 is 2.53 bits per heavy atom. The molecule has 17 heavy (non-hydrogen) atoms. The summed E-state index contributed by atoms with van der Waals surface area (Å²) in [5.74, 6) is -0.922. The van der Waals surface area contributed by atoms with Crippen LogP contribution in [-0.4, -0.2) is 16.1 Å². The minimum Gasteiger partial charge on any atom is -0.478 e. The number of rotatable bonds is 4. The summed E-state index contributed by atoms with van der Waals surface area (Å²) >= 11 is 1.38. The lowest BCUT2D eigenvalue weighted by Gasteiger charge is -2.04. The van der Waals surface area contributed by atoms with E-state index in [1.807, 2.05) is 18.2 Å². The zero-order valence-corrected chi connectivity index (χ0v) is 9.65. The molecule has 1 heterocycles. The standard InChI is InChI=1S/C12H10N2O2S/c15-12(16)9-4-6-10(7-5-9)14-17-11-3-1-2-8-13-11/h1-8,14H,(H,15,16). The van der Waals surface area contributed by atoms with E-state index in [9.17, 15) is 4.79 Å². The second kappa shape index (κ2) is 5.36. The van der Waals surface area contributed by atoms with Gasteiger partial charge in [0.05, 0.1) is 5.56 Å². The van der Waals surface area contributed by atoms with Crippen molar-refractivity contribution in [1.29, 1.82) is 0 Å². The number of hydrogen-bond acceptors (Lipinski definition) is 4. The summed E-state index contributed by atoms with van der Waals surface area (Å²) in [5, 5.41) is 9.60. The highest BCUT2D eigenvalue weighted by Crippen LogP contribution is 2.19. The smallest absolute Gasteiger partial charge is 0.335 e. The van der Waals surface area contributed by atoms with Gasteiger partial charge in [-0.05, 0) is 36.4 Å². The molecule has 0 fully saturated rings. The summed E-state index contributed by atoms with van der Waals surface area (Å²) in [5.41, 5.74) is 1.11. The Hall–Kier alpha value is -2.01. The van der Waals surface area contributed by atoms with Crippen LogP contribution >= 0.6 is 11.9 Å². The number of carbonyl (C=O) groups is 1. The summed E-state index contributed by atoms with van der Waals surface area (Å²) in [6.45, 7) is 0. The number of carboxylic acids is 1. The molecule has 86 valence electrons. The molecule has 2 aromatic rings. The van der Waals surface area contributed by atoms with Crippen molar-refractivity contribution in [3.8, 4) is 0 Å². The van der Waals surface area contributed by atoms with Crippen LogP contribution in [0.5, 0.6) is 0 Å². The van der Waals surface area contributed by atoms with Gasteiger partial charge in [-0.1, -0.05) is 6.07 Å². The maximum Gasteiger partial charge on any atom is 0.335 e. The lowest BCUT2D eigenvalue weighted by molar-refractivity contribution is 0.0697. The number of nitrogens with zero attached hydrogens (tertiary/aromatic N) is 1. The summed E-state index contributed by atoms with van der Waals surface area (Å²) in [6, 6.07) is 12.2. The van der Waals surface area contributed by atoms with Crippen LogP contribution in [0.4, 0.5) is 5.69 Å². The van der Waals surface area contributed by atoms with Crippen molar-refractivity contribution in [3.05, 3.63) is 54.2 Å². The average Bonchev–Trinajstić information content (AvgIpc) is 2.38. The highest BCUT2D eigenvalue weighted by molar-refractivity contribution is 8.00. The Kier molecular flexibility index (Phi) is 3.62. The van der Waals surface area contributed by atoms with Crippen molar-refractivity contribution >= 4 is 23.6 Å². The third kappa shape index (κ3) is 3.22. The van der Waals surface area contributed by atoms with Gasteiger partial charge < -0.3 is 9.83 Å². The molecule has 1 aromatic carbocycles. The summed E-state index contributed by atoms with van der Waals surface area (Å²) in [6.07, 6.45) is 1.72. The van der Waals surface area contributed by atoms with Gasteiger partial charge in [0.15, 0.2) is 0 Å². The number of aromatic nitrogens is 1. The number of carboxylic acid groups (broad SMARTS) is 1. The first-order valence-electron chi connectivity index (χ1n) is 4.93. The zero-order valence-electron chi connectivity index (χ0n) is 8.83. The van der Waals surface area contributed by atoms with E-state index >= 15 is 0 Å². The molecule has 4 nitrogen and oxygen atoms in total. The molecule has 0 amide bonds. The molecule has 1 aromatic heterocycles. The van der Waals surface area contributed by atoms with E-state index in [-0.39, 0.29) is 5.56 Å². The van der Waals surface area contributed by atoms with Crippen molar-refractivity contribution in [2.45, 2.75) is 5.03 Å². The van der Waals surface area contributed by atoms with Crippen LogP contribution in [0.25, 0.3) is 0 Å². The summed E-state index contributed by atoms with van der Waals surface area (Å²) < 4.78 is 3.09. The van der Waals surface area contributed by atoms with Crippen LogP contribution in [0, 0.1) is 0 Å². The second-order valence-electron chi connectivity index (χ2n) is 3.25. The van der Waals surface area contributed by atoms with Crippen molar-refractivity contribution in [2.75, 3.05) is 4.72 Å².